The highest BCUT2D eigenvalue weighted by Gasteiger charge is 2.16. The van der Waals surface area contributed by atoms with Crippen molar-refractivity contribution < 1.29 is 4.79 Å². The standard InChI is InChI=1S/C22H21N5OS/c1-3-20(29-22-26-23-14-27(22)2)16-8-6-9-17(13-16)24-21(28)19-12-11-15-7-4-5-10-18(15)25-19/h4-14,20H,3H2,1-2H3,(H,24,28). The fourth-order valence-corrected chi connectivity index (χ4v) is 4.11. The van der Waals surface area contributed by atoms with E-state index in [9.17, 15) is 4.79 Å². The topological polar surface area (TPSA) is 72.7 Å². The van der Waals surface area contributed by atoms with Crippen LogP contribution in [-0.2, 0) is 7.05 Å². The first-order chi connectivity index (χ1) is 14.1. The highest BCUT2D eigenvalue weighted by Crippen LogP contribution is 2.37. The van der Waals surface area contributed by atoms with Crippen molar-refractivity contribution in [3.8, 4) is 0 Å². The molecular weight excluding hydrogens is 382 g/mol. The molecule has 29 heavy (non-hydrogen) atoms. The average Bonchev–Trinajstić information content (AvgIpc) is 3.16. The van der Waals surface area contributed by atoms with Crippen molar-refractivity contribution in [2.24, 2.45) is 7.05 Å². The lowest BCUT2D eigenvalue weighted by molar-refractivity contribution is 0.102. The number of nitrogens with zero attached hydrogens (tertiary/aromatic N) is 4. The van der Waals surface area contributed by atoms with E-state index in [-0.39, 0.29) is 11.2 Å². The van der Waals surface area contributed by atoms with Crippen LogP contribution >= 0.6 is 11.8 Å². The second kappa shape index (κ2) is 8.45. The molecule has 146 valence electrons. The molecule has 7 heteroatoms. The van der Waals surface area contributed by atoms with Gasteiger partial charge in [-0.2, -0.15) is 0 Å². The number of rotatable bonds is 6. The molecule has 0 saturated carbocycles. The summed E-state index contributed by atoms with van der Waals surface area (Å²) in [5, 5.41) is 13.2. The van der Waals surface area contributed by atoms with E-state index in [2.05, 4.69) is 33.5 Å². The van der Waals surface area contributed by atoms with E-state index in [0.717, 1.165) is 33.7 Å². The molecule has 0 fully saturated rings. The number of fused-ring (bicyclic) bond motifs is 1. The van der Waals surface area contributed by atoms with Gasteiger partial charge in [0.1, 0.15) is 12.0 Å². The Balaban J connectivity index is 1.53. The lowest BCUT2D eigenvalue weighted by atomic mass is 10.1. The van der Waals surface area contributed by atoms with Crippen LogP contribution in [0.5, 0.6) is 0 Å². The summed E-state index contributed by atoms with van der Waals surface area (Å²) >= 11 is 1.66. The highest BCUT2D eigenvalue weighted by molar-refractivity contribution is 7.99. The minimum absolute atomic E-state index is 0.216. The van der Waals surface area contributed by atoms with Gasteiger partial charge < -0.3 is 9.88 Å². The molecule has 1 atom stereocenters. The SMILES string of the molecule is CCC(Sc1nncn1C)c1cccc(NC(=O)c2ccc3ccccc3n2)c1. The molecular formula is C22H21N5OS. The van der Waals surface area contributed by atoms with Gasteiger partial charge in [-0.1, -0.05) is 55.1 Å². The zero-order valence-corrected chi connectivity index (χ0v) is 17.1. The lowest BCUT2D eigenvalue weighted by Gasteiger charge is -2.15. The molecule has 2 aromatic carbocycles. The maximum absolute atomic E-state index is 12.7. The van der Waals surface area contributed by atoms with Crippen molar-refractivity contribution in [3.05, 3.63) is 78.2 Å². The van der Waals surface area contributed by atoms with E-state index in [4.69, 9.17) is 0 Å². The molecule has 0 radical (unpaired) electrons. The van der Waals surface area contributed by atoms with Gasteiger partial charge in [0.2, 0.25) is 0 Å². The van der Waals surface area contributed by atoms with Crippen LogP contribution in [-0.4, -0.2) is 25.7 Å². The normalized spacial score (nSPS) is 12.1. The number of pyridine rings is 1. The Morgan fingerprint density at radius 1 is 1.14 bits per heavy atom. The molecule has 0 aliphatic carbocycles. The maximum Gasteiger partial charge on any atom is 0.274 e. The Labute approximate surface area is 173 Å². The molecule has 0 spiro atoms. The predicted molar refractivity (Wildman–Crippen MR) is 116 cm³/mol. The first-order valence-corrected chi connectivity index (χ1v) is 10.3. The summed E-state index contributed by atoms with van der Waals surface area (Å²) in [4.78, 5) is 17.2. The first kappa shape index (κ1) is 19.1. The van der Waals surface area contributed by atoms with Crippen LogP contribution in [0.2, 0.25) is 0 Å². The number of para-hydroxylation sites is 1. The van der Waals surface area contributed by atoms with Crippen molar-refractivity contribution in [1.29, 1.82) is 0 Å². The third-order valence-corrected chi connectivity index (χ3v) is 6.11. The quantitative estimate of drug-likeness (QED) is 0.466. The number of amides is 1. The Morgan fingerprint density at radius 2 is 2.00 bits per heavy atom. The Bertz CT molecular complexity index is 1160. The van der Waals surface area contributed by atoms with Gasteiger partial charge in [0.25, 0.3) is 5.91 Å². The summed E-state index contributed by atoms with van der Waals surface area (Å²) in [6.07, 6.45) is 2.63. The largest absolute Gasteiger partial charge is 0.321 e. The van der Waals surface area contributed by atoms with Crippen LogP contribution in [0.15, 0.2) is 72.1 Å². The van der Waals surface area contributed by atoms with Crippen LogP contribution < -0.4 is 5.32 Å². The summed E-state index contributed by atoms with van der Waals surface area (Å²) in [5.41, 5.74) is 3.08. The van der Waals surface area contributed by atoms with Gasteiger partial charge in [-0.15, -0.1) is 10.2 Å². The molecule has 2 aromatic heterocycles. The van der Waals surface area contributed by atoms with Crippen LogP contribution in [0, 0.1) is 0 Å². The van der Waals surface area contributed by atoms with Crippen LogP contribution in [0.1, 0.15) is 34.6 Å². The van der Waals surface area contributed by atoms with Gasteiger partial charge in [-0.25, -0.2) is 4.98 Å². The summed E-state index contributed by atoms with van der Waals surface area (Å²) in [7, 11) is 1.93. The number of carbonyl (C=O) groups excluding carboxylic acids is 1. The molecule has 0 aliphatic heterocycles. The molecule has 4 aromatic rings. The van der Waals surface area contributed by atoms with Gasteiger partial charge >= 0.3 is 0 Å². The van der Waals surface area contributed by atoms with Crippen molar-refractivity contribution in [2.45, 2.75) is 23.8 Å². The van der Waals surface area contributed by atoms with E-state index in [0.29, 0.717) is 5.69 Å². The number of carbonyl (C=O) groups is 1. The molecule has 0 aliphatic rings. The summed E-state index contributed by atoms with van der Waals surface area (Å²) in [6.45, 7) is 2.14. The molecule has 0 bridgehead atoms. The second-order valence-corrected chi connectivity index (χ2v) is 7.88. The lowest BCUT2D eigenvalue weighted by Crippen LogP contribution is -2.13. The smallest absolute Gasteiger partial charge is 0.274 e. The van der Waals surface area contributed by atoms with Gasteiger partial charge in [-0.3, -0.25) is 4.79 Å². The fraction of sp³-hybridized carbons (Fsp3) is 0.182. The average molecular weight is 404 g/mol. The van der Waals surface area contributed by atoms with Gasteiger partial charge in [0.15, 0.2) is 5.16 Å². The Morgan fingerprint density at radius 3 is 2.79 bits per heavy atom. The van der Waals surface area contributed by atoms with E-state index < -0.39 is 0 Å². The number of benzene rings is 2. The number of aryl methyl sites for hydroxylation is 1. The summed E-state index contributed by atoms with van der Waals surface area (Å²) in [5.74, 6) is -0.220. The zero-order chi connectivity index (χ0) is 20.2. The molecule has 2 heterocycles. The molecule has 1 unspecified atom stereocenters. The Kier molecular flexibility index (Phi) is 5.57. The highest BCUT2D eigenvalue weighted by atomic mass is 32.2. The van der Waals surface area contributed by atoms with Crippen LogP contribution in [0.4, 0.5) is 5.69 Å². The van der Waals surface area contributed by atoms with Crippen molar-refractivity contribution in [3.63, 3.8) is 0 Å². The third kappa shape index (κ3) is 4.30. The Hall–Kier alpha value is -3.19. The van der Waals surface area contributed by atoms with Gasteiger partial charge in [0.05, 0.1) is 5.52 Å². The number of hydrogen-bond donors (Lipinski definition) is 1. The second-order valence-electron chi connectivity index (χ2n) is 6.71. The fourth-order valence-electron chi connectivity index (χ4n) is 3.10. The number of thioether (sulfide) groups is 1. The maximum atomic E-state index is 12.7. The molecule has 4 rings (SSSR count). The van der Waals surface area contributed by atoms with Crippen LogP contribution in [0.3, 0.4) is 0 Å². The third-order valence-electron chi connectivity index (χ3n) is 4.64. The molecule has 0 saturated heterocycles. The van der Waals surface area contributed by atoms with Crippen LogP contribution in [0.25, 0.3) is 10.9 Å². The summed E-state index contributed by atoms with van der Waals surface area (Å²) in [6, 6.07) is 19.4. The number of aromatic nitrogens is 4. The van der Waals surface area contributed by atoms with Crippen molar-refractivity contribution >= 4 is 34.3 Å². The minimum Gasteiger partial charge on any atom is -0.321 e. The zero-order valence-electron chi connectivity index (χ0n) is 16.2. The molecule has 1 N–H and O–H groups in total. The monoisotopic (exact) mass is 403 g/mol. The van der Waals surface area contributed by atoms with E-state index in [1.54, 1.807) is 24.2 Å². The predicted octanol–water partition coefficient (Wildman–Crippen LogP) is 4.86. The van der Waals surface area contributed by atoms with E-state index in [1.807, 2.05) is 60.1 Å². The first-order valence-electron chi connectivity index (χ1n) is 9.42. The van der Waals surface area contributed by atoms with Crippen molar-refractivity contribution in [1.82, 2.24) is 19.7 Å². The molecule has 6 nitrogen and oxygen atoms in total. The summed E-state index contributed by atoms with van der Waals surface area (Å²) < 4.78 is 1.91. The minimum atomic E-state index is -0.220. The number of anilines is 1. The number of hydrogen-bond acceptors (Lipinski definition) is 5. The van der Waals surface area contributed by atoms with E-state index >= 15 is 0 Å². The van der Waals surface area contributed by atoms with Gasteiger partial charge in [-0.05, 0) is 36.2 Å². The van der Waals surface area contributed by atoms with E-state index in [1.165, 1.54) is 0 Å². The molecule has 1 amide bonds. The number of nitrogens with one attached hydrogen (secondary N) is 1. The van der Waals surface area contributed by atoms with Crippen molar-refractivity contribution in [2.75, 3.05) is 5.32 Å². The van der Waals surface area contributed by atoms with Gasteiger partial charge in [0, 0.05) is 23.4 Å².